The number of nitrogens with zero attached hydrogens (tertiary/aromatic N) is 1. The minimum atomic E-state index is -0.971. The monoisotopic (exact) mass is 207 g/mol. The Labute approximate surface area is 87.2 Å². The van der Waals surface area contributed by atoms with E-state index < -0.39 is 5.56 Å². The summed E-state index contributed by atoms with van der Waals surface area (Å²) in [6.45, 7) is 1.88. The lowest BCUT2D eigenvalue weighted by molar-refractivity contribution is 0.264. The number of hydrogen-bond acceptors (Lipinski definition) is 2. The molecule has 3 heteroatoms. The van der Waals surface area contributed by atoms with Gasteiger partial charge in [0, 0.05) is 16.6 Å². The third-order valence-corrected chi connectivity index (χ3v) is 2.37. The SMILES string of the molecule is Cc1cc(C(O)Cl)c2ccccc2n1. The second kappa shape index (κ2) is 3.56. The second-order valence-electron chi connectivity index (χ2n) is 3.21. The maximum Gasteiger partial charge on any atom is 0.154 e. The molecule has 72 valence electrons. The van der Waals surface area contributed by atoms with Crippen molar-refractivity contribution in [3.8, 4) is 0 Å². The molecule has 0 saturated heterocycles. The lowest BCUT2D eigenvalue weighted by Gasteiger charge is -2.08. The van der Waals surface area contributed by atoms with Crippen molar-refractivity contribution < 1.29 is 5.11 Å². The number of halogens is 1. The van der Waals surface area contributed by atoms with Crippen LogP contribution in [0.4, 0.5) is 0 Å². The van der Waals surface area contributed by atoms with Gasteiger partial charge in [-0.3, -0.25) is 4.98 Å². The molecule has 14 heavy (non-hydrogen) atoms. The summed E-state index contributed by atoms with van der Waals surface area (Å²) in [5, 5.41) is 10.3. The third-order valence-electron chi connectivity index (χ3n) is 2.13. The van der Waals surface area contributed by atoms with Crippen molar-refractivity contribution >= 4 is 22.5 Å². The summed E-state index contributed by atoms with van der Waals surface area (Å²) in [5.74, 6) is 0. The molecule has 0 saturated carbocycles. The number of pyridine rings is 1. The highest BCUT2D eigenvalue weighted by molar-refractivity contribution is 6.20. The van der Waals surface area contributed by atoms with Crippen LogP contribution in [0, 0.1) is 6.92 Å². The number of aryl methyl sites for hydroxylation is 1. The molecule has 0 spiro atoms. The molecule has 0 aliphatic rings. The number of fused-ring (bicyclic) bond motifs is 1. The van der Waals surface area contributed by atoms with E-state index in [1.165, 1.54) is 0 Å². The molecule has 0 aliphatic heterocycles. The molecular weight excluding hydrogens is 198 g/mol. The van der Waals surface area contributed by atoms with E-state index in [-0.39, 0.29) is 0 Å². The van der Waals surface area contributed by atoms with E-state index in [0.717, 1.165) is 22.2 Å². The maximum atomic E-state index is 9.38. The van der Waals surface area contributed by atoms with E-state index in [4.69, 9.17) is 11.6 Å². The molecule has 1 N–H and O–H groups in total. The fourth-order valence-electron chi connectivity index (χ4n) is 1.54. The molecule has 0 amide bonds. The third kappa shape index (κ3) is 1.59. The standard InChI is InChI=1S/C11H10ClNO/c1-7-6-9(11(12)14)8-4-2-3-5-10(8)13-7/h2-6,11,14H,1H3. The van der Waals surface area contributed by atoms with Gasteiger partial charge in [-0.05, 0) is 19.1 Å². The van der Waals surface area contributed by atoms with Crippen molar-refractivity contribution in [2.75, 3.05) is 0 Å². The quantitative estimate of drug-likeness (QED) is 0.730. The minimum absolute atomic E-state index is 0.717. The molecule has 0 bridgehead atoms. The number of alkyl halides is 1. The number of aliphatic hydroxyl groups is 1. The van der Waals surface area contributed by atoms with Gasteiger partial charge in [-0.25, -0.2) is 0 Å². The van der Waals surface area contributed by atoms with Crippen molar-refractivity contribution in [2.45, 2.75) is 12.5 Å². The number of aromatic nitrogens is 1. The summed E-state index contributed by atoms with van der Waals surface area (Å²) < 4.78 is 0. The van der Waals surface area contributed by atoms with E-state index in [0.29, 0.717) is 0 Å². The molecule has 0 fully saturated rings. The van der Waals surface area contributed by atoms with Gasteiger partial charge in [-0.15, -0.1) is 0 Å². The predicted octanol–water partition coefficient (Wildman–Crippen LogP) is 2.77. The molecular formula is C11H10ClNO. The molecule has 0 radical (unpaired) electrons. The van der Waals surface area contributed by atoms with Gasteiger partial charge < -0.3 is 5.11 Å². The average Bonchev–Trinajstić information content (AvgIpc) is 2.16. The highest BCUT2D eigenvalue weighted by Gasteiger charge is 2.09. The van der Waals surface area contributed by atoms with E-state index in [1.54, 1.807) is 6.07 Å². The van der Waals surface area contributed by atoms with E-state index in [2.05, 4.69) is 4.98 Å². The average molecular weight is 208 g/mol. The Morgan fingerprint density at radius 2 is 2.07 bits per heavy atom. The fourth-order valence-corrected chi connectivity index (χ4v) is 1.72. The Balaban J connectivity index is 2.80. The first kappa shape index (κ1) is 9.44. The van der Waals surface area contributed by atoms with Gasteiger partial charge in [0.05, 0.1) is 5.52 Å². The Kier molecular flexibility index (Phi) is 2.40. The first-order chi connectivity index (χ1) is 6.68. The van der Waals surface area contributed by atoms with Gasteiger partial charge >= 0.3 is 0 Å². The second-order valence-corrected chi connectivity index (χ2v) is 3.62. The molecule has 1 heterocycles. The Bertz CT molecular complexity index is 468. The van der Waals surface area contributed by atoms with Gasteiger partial charge in [0.25, 0.3) is 0 Å². The fraction of sp³-hybridized carbons (Fsp3) is 0.182. The van der Waals surface area contributed by atoms with Gasteiger partial charge in [0.1, 0.15) is 0 Å². The zero-order chi connectivity index (χ0) is 10.1. The molecule has 1 aromatic heterocycles. The first-order valence-corrected chi connectivity index (χ1v) is 4.80. The van der Waals surface area contributed by atoms with Crippen LogP contribution in [0.15, 0.2) is 30.3 Å². The Morgan fingerprint density at radius 3 is 2.79 bits per heavy atom. The van der Waals surface area contributed by atoms with Gasteiger partial charge in [-0.2, -0.15) is 0 Å². The van der Waals surface area contributed by atoms with Crippen LogP contribution in [0.2, 0.25) is 0 Å². The topological polar surface area (TPSA) is 33.1 Å². The van der Waals surface area contributed by atoms with Crippen LogP contribution in [0.5, 0.6) is 0 Å². The lowest BCUT2D eigenvalue weighted by Crippen LogP contribution is -1.94. The van der Waals surface area contributed by atoms with Gasteiger partial charge in [0.15, 0.2) is 5.56 Å². The van der Waals surface area contributed by atoms with Crippen LogP contribution in [0.3, 0.4) is 0 Å². The molecule has 1 atom stereocenters. The van der Waals surface area contributed by atoms with Gasteiger partial charge in [0.2, 0.25) is 0 Å². The lowest BCUT2D eigenvalue weighted by atomic mass is 10.1. The summed E-state index contributed by atoms with van der Waals surface area (Å²) in [6, 6.07) is 9.44. The molecule has 1 unspecified atom stereocenters. The van der Waals surface area contributed by atoms with Crippen LogP contribution < -0.4 is 0 Å². The van der Waals surface area contributed by atoms with Crippen molar-refractivity contribution in [1.29, 1.82) is 0 Å². The Morgan fingerprint density at radius 1 is 1.36 bits per heavy atom. The molecule has 2 aromatic rings. The molecule has 2 rings (SSSR count). The summed E-state index contributed by atoms with van der Waals surface area (Å²) in [7, 11) is 0. The van der Waals surface area contributed by atoms with Crippen LogP contribution in [0.25, 0.3) is 10.9 Å². The number of hydrogen-bond donors (Lipinski definition) is 1. The zero-order valence-corrected chi connectivity index (χ0v) is 8.49. The van der Waals surface area contributed by atoms with Crippen molar-refractivity contribution in [3.05, 3.63) is 41.6 Å². The van der Waals surface area contributed by atoms with Crippen molar-refractivity contribution in [2.24, 2.45) is 0 Å². The zero-order valence-electron chi connectivity index (χ0n) is 7.74. The number of para-hydroxylation sites is 1. The highest BCUT2D eigenvalue weighted by Crippen LogP contribution is 2.26. The number of aliphatic hydroxyl groups excluding tert-OH is 1. The molecule has 0 aliphatic carbocycles. The normalized spacial score (nSPS) is 13.1. The smallest absolute Gasteiger partial charge is 0.154 e. The van der Waals surface area contributed by atoms with Gasteiger partial charge in [-0.1, -0.05) is 29.8 Å². The predicted molar refractivity (Wildman–Crippen MR) is 57.3 cm³/mol. The van der Waals surface area contributed by atoms with Crippen LogP contribution in [-0.4, -0.2) is 10.1 Å². The molecule has 1 aromatic carbocycles. The largest absolute Gasteiger partial charge is 0.373 e. The van der Waals surface area contributed by atoms with Crippen LogP contribution in [-0.2, 0) is 0 Å². The maximum absolute atomic E-state index is 9.38. The first-order valence-electron chi connectivity index (χ1n) is 4.37. The van der Waals surface area contributed by atoms with Crippen LogP contribution >= 0.6 is 11.6 Å². The summed E-state index contributed by atoms with van der Waals surface area (Å²) in [4.78, 5) is 4.35. The Hall–Kier alpha value is -1.12. The van der Waals surface area contributed by atoms with Crippen molar-refractivity contribution in [1.82, 2.24) is 4.98 Å². The highest BCUT2D eigenvalue weighted by atomic mass is 35.5. The summed E-state index contributed by atoms with van der Waals surface area (Å²) in [5.41, 5.74) is 1.47. The number of benzene rings is 1. The molecule has 2 nitrogen and oxygen atoms in total. The van der Waals surface area contributed by atoms with E-state index in [1.807, 2.05) is 31.2 Å². The van der Waals surface area contributed by atoms with Crippen LogP contribution in [0.1, 0.15) is 16.8 Å². The van der Waals surface area contributed by atoms with E-state index in [9.17, 15) is 5.11 Å². The minimum Gasteiger partial charge on any atom is -0.373 e. The number of rotatable bonds is 1. The van der Waals surface area contributed by atoms with E-state index >= 15 is 0 Å². The summed E-state index contributed by atoms with van der Waals surface area (Å²) in [6.07, 6.45) is 0. The summed E-state index contributed by atoms with van der Waals surface area (Å²) >= 11 is 5.68. The van der Waals surface area contributed by atoms with Crippen molar-refractivity contribution in [3.63, 3.8) is 0 Å².